The summed E-state index contributed by atoms with van der Waals surface area (Å²) >= 11 is 0. The van der Waals surface area contributed by atoms with Crippen LogP contribution in [0.2, 0.25) is 0 Å². The molecule has 10 heteroatoms. The van der Waals surface area contributed by atoms with Gasteiger partial charge in [0.15, 0.2) is 5.76 Å². The summed E-state index contributed by atoms with van der Waals surface area (Å²) in [4.78, 5) is 25.9. The number of amides is 1. The molecule has 4 unspecified atom stereocenters. The Balaban J connectivity index is 1.53. The summed E-state index contributed by atoms with van der Waals surface area (Å²) in [6, 6.07) is 29.4. The van der Waals surface area contributed by atoms with Crippen LogP contribution in [0.4, 0.5) is 10.5 Å². The SMILES string of the molecule is COC(=O)c1coc(C2OC(COCc3ccccc3)C(OCc3ccccc3)C2(C)OCc2ccccc2)c1NC(=O)OC(C)(C)C. The summed E-state index contributed by atoms with van der Waals surface area (Å²) < 4.78 is 42.9. The highest BCUT2D eigenvalue weighted by Crippen LogP contribution is 2.49. The Bertz CT molecular complexity index is 1620. The summed E-state index contributed by atoms with van der Waals surface area (Å²) in [7, 11) is 1.25. The smallest absolute Gasteiger partial charge is 0.412 e. The number of esters is 1. The third-order valence-electron chi connectivity index (χ3n) is 7.88. The third kappa shape index (κ3) is 8.70. The molecule has 4 atom stereocenters. The molecule has 1 N–H and O–H groups in total. The average molecular weight is 658 g/mol. The molecule has 0 aliphatic carbocycles. The van der Waals surface area contributed by atoms with Crippen molar-refractivity contribution in [1.82, 2.24) is 0 Å². The number of hydrogen-bond acceptors (Lipinski definition) is 9. The van der Waals surface area contributed by atoms with Gasteiger partial charge in [-0.25, -0.2) is 9.59 Å². The number of nitrogens with one attached hydrogen (secondary N) is 1. The maximum Gasteiger partial charge on any atom is 0.412 e. The molecule has 1 aliphatic heterocycles. The highest BCUT2D eigenvalue weighted by molar-refractivity contribution is 6.00. The van der Waals surface area contributed by atoms with Gasteiger partial charge < -0.3 is 32.8 Å². The standard InChI is InChI=1S/C38H43NO9/c1-37(2,3)48-36(41)39-31-29(35(40)42-5)24-44-32(31)34-38(4,46-23-28-19-13-8-14-20-28)33(45-22-27-17-11-7-12-18-27)30(47-34)25-43-21-26-15-9-6-10-16-26/h6-20,24,30,33-34H,21-23,25H2,1-5H3,(H,39,41). The number of benzene rings is 3. The predicted molar refractivity (Wildman–Crippen MR) is 178 cm³/mol. The van der Waals surface area contributed by atoms with Crippen molar-refractivity contribution in [3.63, 3.8) is 0 Å². The molecule has 1 saturated heterocycles. The summed E-state index contributed by atoms with van der Waals surface area (Å²) in [5, 5.41) is 2.71. The fourth-order valence-corrected chi connectivity index (χ4v) is 5.58. The fraction of sp³-hybridized carbons (Fsp3) is 0.368. The quantitative estimate of drug-likeness (QED) is 0.145. The first kappa shape index (κ1) is 34.8. The number of rotatable bonds is 13. The normalized spacial score (nSPS) is 20.7. The molecular weight excluding hydrogens is 614 g/mol. The van der Waals surface area contributed by atoms with E-state index in [4.69, 9.17) is 32.8 Å². The van der Waals surface area contributed by atoms with Crippen molar-refractivity contribution in [2.24, 2.45) is 0 Å². The van der Waals surface area contributed by atoms with Crippen molar-refractivity contribution in [3.05, 3.63) is 125 Å². The molecular formula is C38H43NO9. The van der Waals surface area contributed by atoms with Crippen LogP contribution in [0, 0.1) is 0 Å². The van der Waals surface area contributed by atoms with Crippen LogP contribution in [0.15, 0.2) is 102 Å². The van der Waals surface area contributed by atoms with E-state index in [-0.39, 0.29) is 36.8 Å². The van der Waals surface area contributed by atoms with Gasteiger partial charge >= 0.3 is 12.1 Å². The molecule has 0 radical (unpaired) electrons. The zero-order valence-corrected chi connectivity index (χ0v) is 28.0. The van der Waals surface area contributed by atoms with Crippen LogP contribution in [0.25, 0.3) is 0 Å². The first-order valence-electron chi connectivity index (χ1n) is 15.9. The molecule has 0 bridgehead atoms. The van der Waals surface area contributed by atoms with E-state index in [1.807, 2.05) is 97.9 Å². The van der Waals surface area contributed by atoms with Crippen molar-refractivity contribution in [1.29, 1.82) is 0 Å². The van der Waals surface area contributed by atoms with E-state index in [0.717, 1.165) is 16.7 Å². The summed E-state index contributed by atoms with van der Waals surface area (Å²) in [5.41, 5.74) is 0.962. The lowest BCUT2D eigenvalue weighted by atomic mass is 9.89. The molecule has 2 heterocycles. The lowest BCUT2D eigenvalue weighted by Crippen LogP contribution is -2.47. The van der Waals surface area contributed by atoms with Crippen molar-refractivity contribution < 1.29 is 42.4 Å². The molecule has 1 amide bonds. The van der Waals surface area contributed by atoms with Crippen LogP contribution in [-0.4, -0.2) is 49.2 Å². The van der Waals surface area contributed by atoms with E-state index in [2.05, 4.69) is 5.32 Å². The van der Waals surface area contributed by atoms with Crippen molar-refractivity contribution >= 4 is 17.7 Å². The number of hydrogen-bond donors (Lipinski definition) is 1. The number of anilines is 1. The van der Waals surface area contributed by atoms with E-state index in [9.17, 15) is 9.59 Å². The van der Waals surface area contributed by atoms with E-state index in [1.165, 1.54) is 13.4 Å². The van der Waals surface area contributed by atoms with Crippen molar-refractivity contribution in [3.8, 4) is 0 Å². The number of carbonyl (C=O) groups excluding carboxylic acids is 2. The van der Waals surface area contributed by atoms with Crippen molar-refractivity contribution in [2.45, 2.75) is 77.0 Å². The van der Waals surface area contributed by atoms with Gasteiger partial charge in [-0.2, -0.15) is 0 Å². The van der Waals surface area contributed by atoms with Gasteiger partial charge in [-0.15, -0.1) is 0 Å². The van der Waals surface area contributed by atoms with Crippen LogP contribution in [-0.2, 0) is 48.2 Å². The molecule has 1 fully saturated rings. The predicted octanol–water partition coefficient (Wildman–Crippen LogP) is 7.63. The number of furan rings is 1. The third-order valence-corrected chi connectivity index (χ3v) is 7.88. The molecule has 4 aromatic rings. The summed E-state index contributed by atoms with van der Waals surface area (Å²) in [5.74, 6) is -0.559. The van der Waals surface area contributed by atoms with Gasteiger partial charge in [0.25, 0.3) is 0 Å². The van der Waals surface area contributed by atoms with Gasteiger partial charge in [0.2, 0.25) is 0 Å². The first-order valence-corrected chi connectivity index (χ1v) is 15.9. The van der Waals surface area contributed by atoms with E-state index >= 15 is 0 Å². The Labute approximate surface area is 281 Å². The highest BCUT2D eigenvalue weighted by atomic mass is 16.6. The van der Waals surface area contributed by atoms with Crippen LogP contribution in [0.5, 0.6) is 0 Å². The zero-order chi connectivity index (χ0) is 34.1. The number of carbonyl (C=O) groups is 2. The summed E-state index contributed by atoms with van der Waals surface area (Å²) in [6.07, 6.45) is -1.82. The largest absolute Gasteiger partial charge is 0.465 e. The maximum atomic E-state index is 13.0. The minimum absolute atomic E-state index is 0.00194. The molecule has 0 saturated carbocycles. The number of ether oxygens (including phenoxy) is 6. The molecule has 254 valence electrons. The zero-order valence-electron chi connectivity index (χ0n) is 28.0. The van der Waals surface area contributed by atoms with E-state index < -0.39 is 41.6 Å². The van der Waals surface area contributed by atoms with Gasteiger partial charge in [-0.1, -0.05) is 91.0 Å². The molecule has 10 nitrogen and oxygen atoms in total. The Kier molecular flexibility index (Phi) is 11.3. The molecule has 0 spiro atoms. The molecule has 48 heavy (non-hydrogen) atoms. The topological polar surface area (TPSA) is 115 Å². The van der Waals surface area contributed by atoms with Crippen LogP contribution in [0.3, 0.4) is 0 Å². The van der Waals surface area contributed by atoms with Gasteiger partial charge in [0.1, 0.15) is 47.0 Å². The number of methoxy groups -OCH3 is 1. The lowest BCUT2D eigenvalue weighted by Gasteiger charge is -2.35. The van der Waals surface area contributed by atoms with Gasteiger partial charge in [0, 0.05) is 0 Å². The average Bonchev–Trinajstić information content (AvgIpc) is 3.60. The van der Waals surface area contributed by atoms with E-state index in [0.29, 0.717) is 6.61 Å². The highest BCUT2D eigenvalue weighted by Gasteiger charge is 2.58. The molecule has 5 rings (SSSR count). The van der Waals surface area contributed by atoms with Gasteiger partial charge in [-0.3, -0.25) is 5.32 Å². The Morgan fingerprint density at radius 3 is 1.96 bits per heavy atom. The lowest BCUT2D eigenvalue weighted by molar-refractivity contribution is -0.150. The van der Waals surface area contributed by atoms with Crippen molar-refractivity contribution in [2.75, 3.05) is 19.0 Å². The second-order valence-electron chi connectivity index (χ2n) is 12.7. The Hall–Kier alpha value is -4.48. The minimum Gasteiger partial charge on any atom is -0.465 e. The van der Waals surface area contributed by atoms with Gasteiger partial charge in [-0.05, 0) is 44.4 Å². The van der Waals surface area contributed by atoms with Crippen LogP contribution >= 0.6 is 0 Å². The maximum absolute atomic E-state index is 13.0. The van der Waals surface area contributed by atoms with Crippen LogP contribution < -0.4 is 5.32 Å². The minimum atomic E-state index is -1.21. The van der Waals surface area contributed by atoms with E-state index in [1.54, 1.807) is 20.8 Å². The van der Waals surface area contributed by atoms with Crippen LogP contribution in [0.1, 0.15) is 66.6 Å². The molecule has 1 aliphatic rings. The molecule has 1 aromatic heterocycles. The first-order chi connectivity index (χ1) is 23.1. The second kappa shape index (κ2) is 15.6. The second-order valence-corrected chi connectivity index (χ2v) is 12.7. The Morgan fingerprint density at radius 2 is 1.40 bits per heavy atom. The monoisotopic (exact) mass is 657 g/mol. The Morgan fingerprint density at radius 1 is 0.833 bits per heavy atom. The van der Waals surface area contributed by atoms with Gasteiger partial charge in [0.05, 0.1) is 33.5 Å². The fourth-order valence-electron chi connectivity index (χ4n) is 5.58. The summed E-state index contributed by atoms with van der Waals surface area (Å²) in [6.45, 7) is 8.12. The molecule has 3 aromatic carbocycles.